The summed E-state index contributed by atoms with van der Waals surface area (Å²) < 4.78 is 32.2. The molecule has 0 atom stereocenters. The summed E-state index contributed by atoms with van der Waals surface area (Å²) in [6.07, 6.45) is 3.12. The van der Waals surface area contributed by atoms with E-state index in [0.29, 0.717) is 41.0 Å². The minimum absolute atomic E-state index is 0.0375. The normalized spacial score (nSPS) is 17.8. The van der Waals surface area contributed by atoms with Crippen LogP contribution in [0.2, 0.25) is 0 Å². The molecule has 0 aliphatic carbocycles. The summed E-state index contributed by atoms with van der Waals surface area (Å²) in [5, 5.41) is 0.694. The van der Waals surface area contributed by atoms with Crippen molar-refractivity contribution in [3.8, 4) is 0 Å². The largest absolute Gasteiger partial charge is 0.444 e. The first-order valence-electron chi connectivity index (χ1n) is 11.5. The van der Waals surface area contributed by atoms with Crippen molar-refractivity contribution in [1.82, 2.24) is 13.8 Å². The molecule has 1 saturated heterocycles. The SMILES string of the molecule is CC1CCN(C(=O)c2ccc3c(c2)c2c(n3S(C)(=O)=O)CCN(C(=O)OC(C)(C)C)C2)CC1. The molecular weight excluding hydrogens is 442 g/mol. The van der Waals surface area contributed by atoms with E-state index in [2.05, 4.69) is 6.92 Å². The lowest BCUT2D eigenvalue weighted by molar-refractivity contribution is 0.0224. The molecule has 8 nitrogen and oxygen atoms in total. The molecule has 33 heavy (non-hydrogen) atoms. The van der Waals surface area contributed by atoms with Gasteiger partial charge in [-0.1, -0.05) is 6.92 Å². The zero-order chi connectivity index (χ0) is 24.1. The highest BCUT2D eigenvalue weighted by Crippen LogP contribution is 2.34. The average molecular weight is 476 g/mol. The maximum atomic E-state index is 13.2. The lowest BCUT2D eigenvalue weighted by atomic mass is 9.98. The Bertz CT molecular complexity index is 1200. The first-order valence-corrected chi connectivity index (χ1v) is 13.3. The lowest BCUT2D eigenvalue weighted by Crippen LogP contribution is -2.40. The molecule has 4 rings (SSSR count). The molecule has 3 heterocycles. The highest BCUT2D eigenvalue weighted by Gasteiger charge is 2.32. The van der Waals surface area contributed by atoms with Crippen LogP contribution >= 0.6 is 0 Å². The molecule has 2 aliphatic rings. The van der Waals surface area contributed by atoms with Gasteiger partial charge in [0.15, 0.2) is 0 Å². The fraction of sp³-hybridized carbons (Fsp3) is 0.583. The molecule has 2 aromatic rings. The van der Waals surface area contributed by atoms with Gasteiger partial charge in [0.1, 0.15) is 5.60 Å². The Labute approximate surface area is 195 Å². The zero-order valence-electron chi connectivity index (χ0n) is 20.1. The van der Waals surface area contributed by atoms with E-state index >= 15 is 0 Å². The van der Waals surface area contributed by atoms with Gasteiger partial charge >= 0.3 is 6.09 Å². The molecule has 1 aromatic carbocycles. The number of carbonyl (C=O) groups excluding carboxylic acids is 2. The van der Waals surface area contributed by atoms with E-state index < -0.39 is 21.7 Å². The number of aromatic nitrogens is 1. The van der Waals surface area contributed by atoms with Gasteiger partial charge < -0.3 is 14.5 Å². The second-order valence-electron chi connectivity index (χ2n) is 10.3. The Morgan fingerprint density at radius 2 is 1.73 bits per heavy atom. The van der Waals surface area contributed by atoms with E-state index in [1.54, 1.807) is 23.1 Å². The molecule has 0 N–H and O–H groups in total. The van der Waals surface area contributed by atoms with E-state index in [9.17, 15) is 18.0 Å². The van der Waals surface area contributed by atoms with Crippen molar-refractivity contribution in [3.05, 3.63) is 35.0 Å². The molecule has 180 valence electrons. The van der Waals surface area contributed by atoms with E-state index in [0.717, 1.165) is 31.5 Å². The number of hydrogen-bond donors (Lipinski definition) is 0. The number of ether oxygens (including phenoxy) is 1. The first kappa shape index (κ1) is 23.6. The molecule has 0 radical (unpaired) electrons. The van der Waals surface area contributed by atoms with Crippen molar-refractivity contribution >= 4 is 32.9 Å². The Morgan fingerprint density at radius 1 is 1.06 bits per heavy atom. The van der Waals surface area contributed by atoms with Crippen LogP contribution in [0.15, 0.2) is 18.2 Å². The van der Waals surface area contributed by atoms with Crippen LogP contribution in [0.3, 0.4) is 0 Å². The Kier molecular flexibility index (Phi) is 5.97. The second-order valence-corrected chi connectivity index (χ2v) is 12.1. The fourth-order valence-electron chi connectivity index (χ4n) is 4.71. The van der Waals surface area contributed by atoms with Crippen molar-refractivity contribution in [1.29, 1.82) is 0 Å². The van der Waals surface area contributed by atoms with Gasteiger partial charge in [-0.05, 0) is 57.7 Å². The number of hydrogen-bond acceptors (Lipinski definition) is 5. The third-order valence-corrected chi connectivity index (χ3v) is 7.48. The van der Waals surface area contributed by atoms with Crippen molar-refractivity contribution in [3.63, 3.8) is 0 Å². The number of likely N-dealkylation sites (tertiary alicyclic amines) is 1. The number of benzene rings is 1. The van der Waals surface area contributed by atoms with E-state index in [4.69, 9.17) is 4.74 Å². The van der Waals surface area contributed by atoms with Crippen LogP contribution < -0.4 is 0 Å². The highest BCUT2D eigenvalue weighted by molar-refractivity contribution is 7.89. The number of piperidine rings is 1. The number of rotatable bonds is 2. The van der Waals surface area contributed by atoms with Crippen LogP contribution in [0, 0.1) is 5.92 Å². The molecule has 2 amide bonds. The van der Waals surface area contributed by atoms with Crippen molar-refractivity contribution in [2.75, 3.05) is 25.9 Å². The monoisotopic (exact) mass is 475 g/mol. The van der Waals surface area contributed by atoms with Crippen LogP contribution in [-0.4, -0.2) is 65.7 Å². The van der Waals surface area contributed by atoms with Crippen molar-refractivity contribution in [2.24, 2.45) is 5.92 Å². The average Bonchev–Trinajstić information content (AvgIpc) is 3.06. The predicted molar refractivity (Wildman–Crippen MR) is 127 cm³/mol. The first-order chi connectivity index (χ1) is 15.3. The lowest BCUT2D eigenvalue weighted by Gasteiger charge is -2.31. The van der Waals surface area contributed by atoms with Gasteiger partial charge in [-0.3, -0.25) is 4.79 Å². The number of fused-ring (bicyclic) bond motifs is 3. The Morgan fingerprint density at radius 3 is 2.33 bits per heavy atom. The number of nitrogens with zero attached hydrogens (tertiary/aromatic N) is 3. The highest BCUT2D eigenvalue weighted by atomic mass is 32.2. The Balaban J connectivity index is 1.74. The van der Waals surface area contributed by atoms with Gasteiger partial charge in [-0.15, -0.1) is 0 Å². The summed E-state index contributed by atoms with van der Waals surface area (Å²) in [4.78, 5) is 29.3. The maximum absolute atomic E-state index is 13.2. The standard InChI is InChI=1S/C24H33N3O5S/c1-16-8-11-25(12-9-16)22(28)17-6-7-20-18(14-17)19-15-26(23(29)32-24(2,3)4)13-10-21(19)27(20)33(5,30)31/h6-7,14,16H,8-13,15H2,1-5H3. The summed E-state index contributed by atoms with van der Waals surface area (Å²) >= 11 is 0. The third-order valence-electron chi connectivity index (χ3n) is 6.40. The smallest absolute Gasteiger partial charge is 0.410 e. The van der Waals surface area contributed by atoms with E-state index in [1.807, 2.05) is 25.7 Å². The van der Waals surface area contributed by atoms with Gasteiger partial charge in [-0.25, -0.2) is 17.2 Å². The predicted octanol–water partition coefficient (Wildman–Crippen LogP) is 3.61. The fourth-order valence-corrected chi connectivity index (χ4v) is 5.82. The van der Waals surface area contributed by atoms with Gasteiger partial charge in [0, 0.05) is 48.3 Å². The molecule has 0 spiro atoms. The molecule has 1 fully saturated rings. The molecular formula is C24H33N3O5S. The van der Waals surface area contributed by atoms with Gasteiger partial charge in [0.05, 0.1) is 18.3 Å². The summed E-state index contributed by atoms with van der Waals surface area (Å²) in [6.45, 7) is 9.71. The Hall–Kier alpha value is -2.55. The summed E-state index contributed by atoms with van der Waals surface area (Å²) in [5.41, 5.74) is 1.89. The molecule has 1 aromatic heterocycles. The van der Waals surface area contributed by atoms with Crippen molar-refractivity contribution in [2.45, 2.75) is 59.1 Å². The molecule has 2 aliphatic heterocycles. The molecule has 0 bridgehead atoms. The van der Waals surface area contributed by atoms with E-state index in [-0.39, 0.29) is 12.5 Å². The maximum Gasteiger partial charge on any atom is 0.410 e. The third kappa shape index (κ3) is 4.74. The molecule has 0 unspecified atom stereocenters. The van der Waals surface area contributed by atoms with Crippen LogP contribution in [0.4, 0.5) is 4.79 Å². The minimum Gasteiger partial charge on any atom is -0.444 e. The summed E-state index contributed by atoms with van der Waals surface area (Å²) in [6, 6.07) is 5.21. The van der Waals surface area contributed by atoms with Gasteiger partial charge in [0.2, 0.25) is 10.0 Å². The minimum atomic E-state index is -3.57. The van der Waals surface area contributed by atoms with Gasteiger partial charge in [-0.2, -0.15) is 0 Å². The number of amides is 2. The molecule has 9 heteroatoms. The van der Waals surface area contributed by atoms with Crippen LogP contribution in [-0.2, 0) is 27.7 Å². The zero-order valence-corrected chi connectivity index (χ0v) is 20.9. The van der Waals surface area contributed by atoms with Crippen LogP contribution in [0.5, 0.6) is 0 Å². The topological polar surface area (TPSA) is 88.9 Å². The van der Waals surface area contributed by atoms with E-state index in [1.165, 1.54) is 10.2 Å². The van der Waals surface area contributed by atoms with Crippen LogP contribution in [0.25, 0.3) is 10.9 Å². The summed E-state index contributed by atoms with van der Waals surface area (Å²) in [7, 11) is -3.57. The van der Waals surface area contributed by atoms with Crippen LogP contribution in [0.1, 0.15) is 62.2 Å². The molecule has 0 saturated carbocycles. The second kappa shape index (κ2) is 8.34. The van der Waals surface area contributed by atoms with Gasteiger partial charge in [0.25, 0.3) is 5.91 Å². The number of carbonyl (C=O) groups is 2. The van der Waals surface area contributed by atoms with Crippen molar-refractivity contribution < 1.29 is 22.7 Å². The summed E-state index contributed by atoms with van der Waals surface area (Å²) in [5.74, 6) is 0.579. The quantitative estimate of drug-likeness (QED) is 0.662.